The second-order valence-corrected chi connectivity index (χ2v) is 4.67. The van der Waals surface area contributed by atoms with Gasteiger partial charge in [0.25, 0.3) is 0 Å². The van der Waals surface area contributed by atoms with Crippen molar-refractivity contribution in [1.29, 1.82) is 0 Å². The number of carboxylic acids is 1. The minimum absolute atomic E-state index is 0.0383. The molecule has 0 saturated heterocycles. The molecule has 1 amide bonds. The predicted molar refractivity (Wildman–Crippen MR) is 72.0 cm³/mol. The summed E-state index contributed by atoms with van der Waals surface area (Å²) in [5.74, 6) is -1.39. The molecule has 0 aliphatic heterocycles. The lowest BCUT2D eigenvalue weighted by atomic mass is 10.3. The van der Waals surface area contributed by atoms with Crippen molar-refractivity contribution >= 4 is 33.5 Å². The molecule has 0 fully saturated rings. The predicted octanol–water partition coefficient (Wildman–Crippen LogP) is 1.98. The number of amides is 1. The number of carbonyl (C=O) groups excluding carboxylic acids is 1. The first-order chi connectivity index (χ1) is 9.04. The number of carbonyl (C=O) groups is 2. The standard InChI is InChI=1S/C12H10BrN3O3/c13-8-1-3-9(4-2-8)14-11(17)7-16-6-5-10(15-16)12(18)19/h1-6H,7H2,(H,14,17)(H,18,19). The third-order valence-corrected chi connectivity index (χ3v) is 2.82. The van der Waals surface area contributed by atoms with Crippen molar-refractivity contribution < 1.29 is 14.7 Å². The minimum Gasteiger partial charge on any atom is -0.476 e. The number of carboxylic acid groups (broad SMARTS) is 1. The smallest absolute Gasteiger partial charge is 0.356 e. The molecule has 0 saturated carbocycles. The van der Waals surface area contributed by atoms with Gasteiger partial charge in [0, 0.05) is 16.4 Å². The lowest BCUT2D eigenvalue weighted by Gasteiger charge is -2.05. The second-order valence-electron chi connectivity index (χ2n) is 3.76. The van der Waals surface area contributed by atoms with Crippen LogP contribution in [0.5, 0.6) is 0 Å². The molecule has 0 spiro atoms. The average Bonchev–Trinajstić information content (AvgIpc) is 2.80. The van der Waals surface area contributed by atoms with E-state index in [1.54, 1.807) is 12.1 Å². The number of aromatic nitrogens is 2. The number of nitrogens with zero attached hydrogens (tertiary/aromatic N) is 2. The van der Waals surface area contributed by atoms with E-state index in [1.807, 2.05) is 12.1 Å². The van der Waals surface area contributed by atoms with Gasteiger partial charge < -0.3 is 10.4 Å². The van der Waals surface area contributed by atoms with Crippen molar-refractivity contribution in [1.82, 2.24) is 9.78 Å². The maximum absolute atomic E-state index is 11.7. The van der Waals surface area contributed by atoms with E-state index in [0.717, 1.165) is 4.47 Å². The zero-order valence-electron chi connectivity index (χ0n) is 9.71. The van der Waals surface area contributed by atoms with Gasteiger partial charge in [-0.3, -0.25) is 9.48 Å². The molecule has 1 aromatic heterocycles. The topological polar surface area (TPSA) is 84.2 Å². The Balaban J connectivity index is 1.97. The van der Waals surface area contributed by atoms with E-state index < -0.39 is 5.97 Å². The number of rotatable bonds is 4. The molecular weight excluding hydrogens is 314 g/mol. The van der Waals surface area contributed by atoms with Crippen molar-refractivity contribution in [3.8, 4) is 0 Å². The third-order valence-electron chi connectivity index (χ3n) is 2.29. The van der Waals surface area contributed by atoms with E-state index in [-0.39, 0.29) is 18.1 Å². The molecule has 7 heteroatoms. The molecule has 1 heterocycles. The van der Waals surface area contributed by atoms with Crippen LogP contribution in [-0.2, 0) is 11.3 Å². The normalized spacial score (nSPS) is 10.2. The Hall–Kier alpha value is -2.15. The molecule has 2 rings (SSSR count). The van der Waals surface area contributed by atoms with Crippen LogP contribution >= 0.6 is 15.9 Å². The summed E-state index contributed by atoms with van der Waals surface area (Å²) in [5, 5.41) is 15.2. The molecule has 6 nitrogen and oxygen atoms in total. The lowest BCUT2D eigenvalue weighted by molar-refractivity contribution is -0.116. The number of hydrogen-bond donors (Lipinski definition) is 2. The van der Waals surface area contributed by atoms with Gasteiger partial charge in [0.1, 0.15) is 6.54 Å². The first kappa shape index (κ1) is 13.3. The van der Waals surface area contributed by atoms with Crippen LogP contribution in [0.3, 0.4) is 0 Å². The van der Waals surface area contributed by atoms with Gasteiger partial charge in [-0.25, -0.2) is 4.79 Å². The van der Waals surface area contributed by atoms with Gasteiger partial charge in [-0.05, 0) is 30.3 Å². The first-order valence-electron chi connectivity index (χ1n) is 5.37. The largest absolute Gasteiger partial charge is 0.476 e. The zero-order chi connectivity index (χ0) is 13.8. The van der Waals surface area contributed by atoms with Gasteiger partial charge in [-0.1, -0.05) is 15.9 Å². The van der Waals surface area contributed by atoms with Gasteiger partial charge >= 0.3 is 5.97 Å². The van der Waals surface area contributed by atoms with Crippen LogP contribution in [0.4, 0.5) is 5.69 Å². The number of aromatic carboxylic acids is 1. The van der Waals surface area contributed by atoms with Gasteiger partial charge in [0.15, 0.2) is 5.69 Å². The summed E-state index contributed by atoms with van der Waals surface area (Å²) in [7, 11) is 0. The number of benzene rings is 1. The fraction of sp³-hybridized carbons (Fsp3) is 0.0833. The number of anilines is 1. The van der Waals surface area contributed by atoms with E-state index in [9.17, 15) is 9.59 Å². The SMILES string of the molecule is O=C(Cn1ccc(C(=O)O)n1)Nc1ccc(Br)cc1. The van der Waals surface area contributed by atoms with Gasteiger partial charge in [0.2, 0.25) is 5.91 Å². The summed E-state index contributed by atoms with van der Waals surface area (Å²) in [6.45, 7) is -0.0383. The Morgan fingerprint density at radius 2 is 1.95 bits per heavy atom. The van der Waals surface area contributed by atoms with Crippen molar-refractivity contribution in [3.05, 3.63) is 46.7 Å². The van der Waals surface area contributed by atoms with Crippen LogP contribution in [0.1, 0.15) is 10.5 Å². The molecule has 2 aromatic rings. The highest BCUT2D eigenvalue weighted by molar-refractivity contribution is 9.10. The summed E-state index contributed by atoms with van der Waals surface area (Å²) < 4.78 is 2.20. The number of halogens is 1. The average molecular weight is 324 g/mol. The van der Waals surface area contributed by atoms with Crippen LogP contribution in [0.25, 0.3) is 0 Å². The molecule has 0 unspecified atom stereocenters. The van der Waals surface area contributed by atoms with Crippen LogP contribution in [0.15, 0.2) is 41.0 Å². The first-order valence-corrected chi connectivity index (χ1v) is 6.16. The molecule has 0 atom stereocenters. The summed E-state index contributed by atoms with van der Waals surface area (Å²) in [4.78, 5) is 22.4. The maximum Gasteiger partial charge on any atom is 0.356 e. The molecule has 98 valence electrons. The Morgan fingerprint density at radius 3 is 2.53 bits per heavy atom. The highest BCUT2D eigenvalue weighted by atomic mass is 79.9. The Morgan fingerprint density at radius 1 is 1.26 bits per heavy atom. The Labute approximate surface area is 117 Å². The number of nitrogens with one attached hydrogen (secondary N) is 1. The Kier molecular flexibility index (Phi) is 3.96. The quantitative estimate of drug-likeness (QED) is 0.901. The van der Waals surface area contributed by atoms with Crippen molar-refractivity contribution in [2.45, 2.75) is 6.54 Å². The summed E-state index contributed by atoms with van der Waals surface area (Å²) in [6.07, 6.45) is 1.45. The maximum atomic E-state index is 11.7. The minimum atomic E-state index is -1.12. The van der Waals surface area contributed by atoms with E-state index >= 15 is 0 Å². The van der Waals surface area contributed by atoms with Crippen LogP contribution in [-0.4, -0.2) is 26.8 Å². The molecule has 2 N–H and O–H groups in total. The van der Waals surface area contributed by atoms with Crippen molar-refractivity contribution in [2.75, 3.05) is 5.32 Å². The molecule has 0 aliphatic rings. The lowest BCUT2D eigenvalue weighted by Crippen LogP contribution is -2.19. The summed E-state index contributed by atoms with van der Waals surface area (Å²) in [5.41, 5.74) is 0.579. The zero-order valence-corrected chi connectivity index (χ0v) is 11.3. The van der Waals surface area contributed by atoms with E-state index in [2.05, 4.69) is 26.3 Å². The summed E-state index contributed by atoms with van der Waals surface area (Å²) >= 11 is 3.30. The molecule has 0 aliphatic carbocycles. The molecule has 0 radical (unpaired) electrons. The van der Waals surface area contributed by atoms with Crippen molar-refractivity contribution in [2.24, 2.45) is 0 Å². The molecular formula is C12H10BrN3O3. The van der Waals surface area contributed by atoms with Gasteiger partial charge in [0.05, 0.1) is 0 Å². The van der Waals surface area contributed by atoms with Crippen LogP contribution in [0, 0.1) is 0 Å². The Bertz CT molecular complexity index is 607. The fourth-order valence-corrected chi connectivity index (χ4v) is 1.71. The van der Waals surface area contributed by atoms with Gasteiger partial charge in [-0.2, -0.15) is 5.10 Å². The third kappa shape index (κ3) is 3.65. The van der Waals surface area contributed by atoms with Crippen LogP contribution < -0.4 is 5.32 Å². The van der Waals surface area contributed by atoms with Crippen LogP contribution in [0.2, 0.25) is 0 Å². The monoisotopic (exact) mass is 323 g/mol. The highest BCUT2D eigenvalue weighted by Gasteiger charge is 2.09. The van der Waals surface area contributed by atoms with E-state index in [4.69, 9.17) is 5.11 Å². The second kappa shape index (κ2) is 5.66. The molecule has 19 heavy (non-hydrogen) atoms. The molecule has 0 bridgehead atoms. The fourth-order valence-electron chi connectivity index (χ4n) is 1.44. The van der Waals surface area contributed by atoms with Gasteiger partial charge in [-0.15, -0.1) is 0 Å². The van der Waals surface area contributed by atoms with E-state index in [1.165, 1.54) is 16.9 Å². The highest BCUT2D eigenvalue weighted by Crippen LogP contribution is 2.14. The summed E-state index contributed by atoms with van der Waals surface area (Å²) in [6, 6.07) is 8.48. The number of hydrogen-bond acceptors (Lipinski definition) is 3. The van der Waals surface area contributed by atoms with E-state index in [0.29, 0.717) is 5.69 Å². The molecule has 1 aromatic carbocycles. The van der Waals surface area contributed by atoms with Crippen molar-refractivity contribution in [3.63, 3.8) is 0 Å².